The number of aliphatic hydroxyl groups excluding tert-OH is 1. The van der Waals surface area contributed by atoms with Gasteiger partial charge in [0, 0.05) is 38.5 Å². The number of carbonyl (C=O) groups is 1. The van der Waals surface area contributed by atoms with Gasteiger partial charge in [0.25, 0.3) is 5.91 Å². The monoisotopic (exact) mass is 335 g/mol. The van der Waals surface area contributed by atoms with Crippen molar-refractivity contribution in [3.63, 3.8) is 0 Å². The molecule has 0 aromatic carbocycles. The first-order valence-corrected chi connectivity index (χ1v) is 9.15. The van der Waals surface area contributed by atoms with E-state index in [1.807, 2.05) is 23.4 Å². The number of aromatic nitrogens is 2. The molecule has 134 valence electrons. The Hall–Kier alpha value is -1.40. The second-order valence-corrected chi connectivity index (χ2v) is 7.15. The van der Waals surface area contributed by atoms with Crippen molar-refractivity contribution >= 4 is 5.91 Å². The van der Waals surface area contributed by atoms with Crippen LogP contribution >= 0.6 is 0 Å². The summed E-state index contributed by atoms with van der Waals surface area (Å²) in [4.78, 5) is 14.7. The van der Waals surface area contributed by atoms with E-state index in [1.165, 1.54) is 0 Å². The number of rotatable bonds is 4. The summed E-state index contributed by atoms with van der Waals surface area (Å²) in [6, 6.07) is 0. The van der Waals surface area contributed by atoms with E-state index < -0.39 is 0 Å². The van der Waals surface area contributed by atoms with Crippen LogP contribution in [0.25, 0.3) is 0 Å². The molecule has 6 nitrogen and oxygen atoms in total. The van der Waals surface area contributed by atoms with Crippen LogP contribution in [0.3, 0.4) is 0 Å². The summed E-state index contributed by atoms with van der Waals surface area (Å²) < 4.78 is 7.99. The number of ether oxygens (including phenoxy) is 1. The molecule has 1 amide bonds. The SMILES string of the molecule is CCn1ncc(C(=O)N2CCC3(CC2)CC(CCO)CCO3)c1C. The lowest BCUT2D eigenvalue weighted by Crippen LogP contribution is -2.50. The molecule has 2 fully saturated rings. The molecule has 3 rings (SSSR count). The quantitative estimate of drug-likeness (QED) is 0.914. The van der Waals surface area contributed by atoms with Crippen LogP contribution in [0, 0.1) is 12.8 Å². The van der Waals surface area contributed by atoms with Gasteiger partial charge in [-0.2, -0.15) is 5.10 Å². The Morgan fingerprint density at radius 1 is 1.46 bits per heavy atom. The van der Waals surface area contributed by atoms with Gasteiger partial charge in [-0.1, -0.05) is 0 Å². The van der Waals surface area contributed by atoms with Gasteiger partial charge in [-0.05, 0) is 51.9 Å². The van der Waals surface area contributed by atoms with Gasteiger partial charge in [0.15, 0.2) is 0 Å². The summed E-state index contributed by atoms with van der Waals surface area (Å²) in [6.07, 6.45) is 6.40. The molecule has 1 aromatic rings. The van der Waals surface area contributed by atoms with Crippen molar-refractivity contribution in [3.8, 4) is 0 Å². The molecule has 3 heterocycles. The zero-order valence-corrected chi connectivity index (χ0v) is 14.8. The first-order chi connectivity index (χ1) is 11.6. The molecule has 2 aliphatic rings. The van der Waals surface area contributed by atoms with E-state index in [2.05, 4.69) is 5.10 Å². The van der Waals surface area contributed by atoms with Crippen molar-refractivity contribution < 1.29 is 14.6 Å². The number of likely N-dealkylation sites (tertiary alicyclic amines) is 1. The topological polar surface area (TPSA) is 67.6 Å². The van der Waals surface area contributed by atoms with Crippen LogP contribution in [0.2, 0.25) is 0 Å². The molecule has 0 saturated carbocycles. The molecule has 1 spiro atoms. The molecule has 0 aliphatic carbocycles. The van der Waals surface area contributed by atoms with Gasteiger partial charge < -0.3 is 14.7 Å². The highest BCUT2D eigenvalue weighted by Gasteiger charge is 2.41. The average Bonchev–Trinajstić information content (AvgIpc) is 2.96. The standard InChI is InChI=1S/C18H29N3O3/c1-3-21-14(2)16(13-19-21)17(23)20-8-6-18(7-9-20)12-15(4-10-22)5-11-24-18/h13,15,22H,3-12H2,1-2H3. The van der Waals surface area contributed by atoms with Crippen molar-refractivity contribution in [2.75, 3.05) is 26.3 Å². The predicted molar refractivity (Wildman–Crippen MR) is 90.9 cm³/mol. The molecule has 1 atom stereocenters. The molecule has 1 N–H and O–H groups in total. The Labute approximate surface area is 143 Å². The van der Waals surface area contributed by atoms with E-state index in [-0.39, 0.29) is 18.1 Å². The van der Waals surface area contributed by atoms with Gasteiger partial charge in [-0.3, -0.25) is 9.48 Å². The van der Waals surface area contributed by atoms with Gasteiger partial charge in [0.2, 0.25) is 0 Å². The molecule has 24 heavy (non-hydrogen) atoms. The van der Waals surface area contributed by atoms with Crippen molar-refractivity contribution in [2.45, 2.75) is 58.1 Å². The third-order valence-electron chi connectivity index (χ3n) is 5.73. The van der Waals surface area contributed by atoms with Crippen LogP contribution in [0.5, 0.6) is 0 Å². The smallest absolute Gasteiger partial charge is 0.257 e. The normalized spacial score (nSPS) is 23.6. The number of piperidine rings is 1. The van der Waals surface area contributed by atoms with Gasteiger partial charge in [0.05, 0.1) is 17.4 Å². The maximum Gasteiger partial charge on any atom is 0.257 e. The summed E-state index contributed by atoms with van der Waals surface area (Å²) in [5, 5.41) is 13.5. The fourth-order valence-electron chi connectivity index (χ4n) is 4.17. The molecule has 1 aromatic heterocycles. The Bertz CT molecular complexity index is 574. The van der Waals surface area contributed by atoms with Crippen LogP contribution in [0.15, 0.2) is 6.20 Å². The Morgan fingerprint density at radius 2 is 2.21 bits per heavy atom. The fraction of sp³-hybridized carbons (Fsp3) is 0.778. The van der Waals surface area contributed by atoms with E-state index in [4.69, 9.17) is 4.74 Å². The van der Waals surface area contributed by atoms with Gasteiger partial charge in [0.1, 0.15) is 0 Å². The van der Waals surface area contributed by atoms with Crippen LogP contribution in [-0.4, -0.2) is 57.6 Å². The fourth-order valence-corrected chi connectivity index (χ4v) is 4.17. The lowest BCUT2D eigenvalue weighted by Gasteiger charge is -2.46. The predicted octanol–water partition coefficient (Wildman–Crippen LogP) is 2.00. The second-order valence-electron chi connectivity index (χ2n) is 7.15. The van der Waals surface area contributed by atoms with E-state index in [1.54, 1.807) is 6.20 Å². The van der Waals surface area contributed by atoms with Crippen LogP contribution < -0.4 is 0 Å². The van der Waals surface area contributed by atoms with Gasteiger partial charge >= 0.3 is 0 Å². The zero-order chi connectivity index (χ0) is 17.2. The third-order valence-corrected chi connectivity index (χ3v) is 5.73. The highest BCUT2D eigenvalue weighted by Crippen LogP contribution is 2.38. The van der Waals surface area contributed by atoms with E-state index in [0.717, 1.165) is 69.6 Å². The van der Waals surface area contributed by atoms with E-state index in [0.29, 0.717) is 5.92 Å². The molecular formula is C18H29N3O3. The number of hydrogen-bond acceptors (Lipinski definition) is 4. The van der Waals surface area contributed by atoms with E-state index in [9.17, 15) is 9.90 Å². The zero-order valence-electron chi connectivity index (χ0n) is 14.8. The van der Waals surface area contributed by atoms with E-state index >= 15 is 0 Å². The third kappa shape index (κ3) is 3.35. The van der Waals surface area contributed by atoms with Gasteiger partial charge in [-0.25, -0.2) is 0 Å². The molecule has 0 bridgehead atoms. The molecular weight excluding hydrogens is 306 g/mol. The lowest BCUT2D eigenvalue weighted by molar-refractivity contribution is -0.125. The maximum atomic E-state index is 12.8. The minimum atomic E-state index is -0.0858. The van der Waals surface area contributed by atoms with Crippen molar-refractivity contribution in [3.05, 3.63) is 17.5 Å². The number of aliphatic hydroxyl groups is 1. The van der Waals surface area contributed by atoms with Crippen LogP contribution in [0.4, 0.5) is 0 Å². The Balaban J connectivity index is 1.62. The van der Waals surface area contributed by atoms with Crippen LogP contribution in [0.1, 0.15) is 55.1 Å². The lowest BCUT2D eigenvalue weighted by atomic mass is 9.78. The number of hydrogen-bond donors (Lipinski definition) is 1. The molecule has 2 saturated heterocycles. The minimum Gasteiger partial charge on any atom is -0.396 e. The molecule has 1 unspecified atom stereocenters. The Morgan fingerprint density at radius 3 is 2.83 bits per heavy atom. The van der Waals surface area contributed by atoms with Gasteiger partial charge in [-0.15, -0.1) is 0 Å². The van der Waals surface area contributed by atoms with Crippen molar-refractivity contribution in [1.82, 2.24) is 14.7 Å². The minimum absolute atomic E-state index is 0.0858. The summed E-state index contributed by atoms with van der Waals surface area (Å²) >= 11 is 0. The first-order valence-electron chi connectivity index (χ1n) is 9.15. The van der Waals surface area contributed by atoms with Crippen LogP contribution in [-0.2, 0) is 11.3 Å². The molecule has 6 heteroatoms. The number of carbonyl (C=O) groups excluding carboxylic acids is 1. The van der Waals surface area contributed by atoms with Crippen molar-refractivity contribution in [2.24, 2.45) is 5.92 Å². The maximum absolute atomic E-state index is 12.8. The summed E-state index contributed by atoms with van der Waals surface area (Å²) in [5.74, 6) is 0.640. The molecule has 2 aliphatic heterocycles. The highest BCUT2D eigenvalue weighted by atomic mass is 16.5. The van der Waals surface area contributed by atoms with Crippen molar-refractivity contribution in [1.29, 1.82) is 0 Å². The first kappa shape index (κ1) is 17.4. The molecule has 0 radical (unpaired) electrons. The average molecular weight is 335 g/mol. The number of amides is 1. The summed E-state index contributed by atoms with van der Waals surface area (Å²) in [6.45, 7) is 7.28. The number of nitrogens with zero attached hydrogens (tertiary/aromatic N) is 3. The Kier molecular flexibility index (Phi) is 5.25. The summed E-state index contributed by atoms with van der Waals surface area (Å²) in [7, 11) is 0. The second kappa shape index (κ2) is 7.23. The number of aryl methyl sites for hydroxylation is 1. The largest absolute Gasteiger partial charge is 0.396 e. The summed E-state index contributed by atoms with van der Waals surface area (Å²) in [5.41, 5.74) is 1.58. The highest BCUT2D eigenvalue weighted by molar-refractivity contribution is 5.95.